The van der Waals surface area contributed by atoms with Crippen LogP contribution in [-0.4, -0.2) is 76.8 Å². The molecule has 156 valence electrons. The summed E-state index contributed by atoms with van der Waals surface area (Å²) in [6, 6.07) is 9.92. The summed E-state index contributed by atoms with van der Waals surface area (Å²) in [7, 11) is 0. The van der Waals surface area contributed by atoms with E-state index in [2.05, 4.69) is 34.5 Å². The van der Waals surface area contributed by atoms with Crippen molar-refractivity contribution in [1.82, 2.24) is 20.0 Å². The zero-order valence-corrected chi connectivity index (χ0v) is 17.1. The monoisotopic (exact) mass is 398 g/mol. The van der Waals surface area contributed by atoms with Crippen LogP contribution in [-0.2, 0) is 16.0 Å². The van der Waals surface area contributed by atoms with Gasteiger partial charge in [0.2, 0.25) is 5.91 Å². The second-order valence-electron chi connectivity index (χ2n) is 8.40. The fraction of sp³-hybridized carbons (Fsp3) is 0.591. The molecule has 4 amide bonds. The molecule has 1 aromatic rings. The first-order valence-electron chi connectivity index (χ1n) is 10.7. The van der Waals surface area contributed by atoms with E-state index in [0.717, 1.165) is 26.1 Å². The Kier molecular flexibility index (Phi) is 5.58. The number of carbonyl (C=O) groups is 3. The van der Waals surface area contributed by atoms with Crippen molar-refractivity contribution < 1.29 is 14.4 Å². The summed E-state index contributed by atoms with van der Waals surface area (Å²) in [4.78, 5) is 43.4. The smallest absolute Gasteiger partial charge is 0.325 e. The fourth-order valence-electron chi connectivity index (χ4n) is 4.80. The Labute approximate surface area is 172 Å². The second kappa shape index (κ2) is 8.14. The third-order valence-electron chi connectivity index (χ3n) is 6.65. The molecule has 0 saturated carbocycles. The molecular weight excluding hydrogens is 368 g/mol. The Morgan fingerprint density at radius 3 is 2.55 bits per heavy atom. The van der Waals surface area contributed by atoms with Crippen LogP contribution < -0.4 is 5.32 Å². The Balaban J connectivity index is 1.34. The Hall–Kier alpha value is -2.41. The molecule has 0 bridgehead atoms. The van der Waals surface area contributed by atoms with Crippen LogP contribution >= 0.6 is 0 Å². The average molecular weight is 399 g/mol. The zero-order valence-electron chi connectivity index (χ0n) is 17.1. The highest BCUT2D eigenvalue weighted by Gasteiger charge is 2.54. The van der Waals surface area contributed by atoms with Gasteiger partial charge in [-0.25, -0.2) is 4.79 Å². The van der Waals surface area contributed by atoms with E-state index < -0.39 is 5.54 Å². The van der Waals surface area contributed by atoms with Gasteiger partial charge in [0, 0.05) is 39.1 Å². The van der Waals surface area contributed by atoms with Gasteiger partial charge in [-0.3, -0.25) is 14.5 Å². The number of hydrogen-bond acceptors (Lipinski definition) is 4. The van der Waals surface area contributed by atoms with Gasteiger partial charge < -0.3 is 15.1 Å². The van der Waals surface area contributed by atoms with Crippen molar-refractivity contribution in [2.75, 3.05) is 32.7 Å². The molecule has 0 aromatic heterocycles. The number of amides is 4. The number of nitrogens with zero attached hydrogens (tertiary/aromatic N) is 3. The Bertz CT molecular complexity index is 774. The predicted octanol–water partition coefficient (Wildman–Crippen LogP) is 1.63. The van der Waals surface area contributed by atoms with Gasteiger partial charge in [0.15, 0.2) is 0 Å². The lowest BCUT2D eigenvalue weighted by Gasteiger charge is -2.37. The van der Waals surface area contributed by atoms with Gasteiger partial charge in [-0.1, -0.05) is 37.3 Å². The lowest BCUT2D eigenvalue weighted by Crippen LogP contribution is -2.55. The van der Waals surface area contributed by atoms with Crippen LogP contribution in [0.15, 0.2) is 30.3 Å². The lowest BCUT2D eigenvalue weighted by molar-refractivity contribution is -0.135. The summed E-state index contributed by atoms with van der Waals surface area (Å²) in [5.41, 5.74) is 0.555. The van der Waals surface area contributed by atoms with Crippen molar-refractivity contribution in [3.8, 4) is 0 Å². The molecule has 1 atom stereocenters. The van der Waals surface area contributed by atoms with E-state index in [4.69, 9.17) is 0 Å². The van der Waals surface area contributed by atoms with Gasteiger partial charge in [0.1, 0.15) is 5.54 Å². The molecule has 29 heavy (non-hydrogen) atoms. The summed E-state index contributed by atoms with van der Waals surface area (Å²) in [6.45, 7) is 5.49. The number of likely N-dealkylation sites (tertiary alicyclic amines) is 2. The first kappa shape index (κ1) is 19.9. The van der Waals surface area contributed by atoms with E-state index in [-0.39, 0.29) is 23.9 Å². The number of hydrogen-bond donors (Lipinski definition) is 1. The van der Waals surface area contributed by atoms with E-state index in [1.807, 2.05) is 13.0 Å². The number of imide groups is 1. The molecule has 3 fully saturated rings. The standard InChI is InChI=1S/C22H30N4O3/c1-2-19(27)25-13-9-18(16-25)26-20(28)22(23-21(26)29)10-14-24(15-11-22)12-8-17-6-4-3-5-7-17/h3-7,18H,2,8-16H2,1H3,(H,23,29). The van der Waals surface area contributed by atoms with Crippen molar-refractivity contribution in [1.29, 1.82) is 0 Å². The molecule has 4 rings (SSSR count). The lowest BCUT2D eigenvalue weighted by atomic mass is 9.87. The van der Waals surface area contributed by atoms with Crippen LogP contribution in [0.5, 0.6) is 0 Å². The van der Waals surface area contributed by atoms with Gasteiger partial charge in [-0.05, 0) is 31.2 Å². The summed E-state index contributed by atoms with van der Waals surface area (Å²) in [6.07, 6.45) is 3.41. The molecule has 3 saturated heterocycles. The minimum atomic E-state index is -0.761. The Morgan fingerprint density at radius 2 is 1.86 bits per heavy atom. The van der Waals surface area contributed by atoms with Crippen molar-refractivity contribution >= 4 is 17.8 Å². The van der Waals surface area contributed by atoms with Gasteiger partial charge in [-0.2, -0.15) is 0 Å². The zero-order chi connectivity index (χ0) is 20.4. The minimum Gasteiger partial charge on any atom is -0.341 e. The minimum absolute atomic E-state index is 0.0843. The molecule has 3 aliphatic rings. The number of nitrogens with one attached hydrogen (secondary N) is 1. The summed E-state index contributed by atoms with van der Waals surface area (Å²) < 4.78 is 0. The van der Waals surface area contributed by atoms with Crippen LogP contribution in [0.3, 0.4) is 0 Å². The largest absolute Gasteiger partial charge is 0.341 e. The number of urea groups is 1. The first-order chi connectivity index (χ1) is 14.0. The molecule has 1 aromatic carbocycles. The van der Waals surface area contributed by atoms with Gasteiger partial charge in [0.05, 0.1) is 6.04 Å². The maximum Gasteiger partial charge on any atom is 0.325 e. The average Bonchev–Trinajstić information content (AvgIpc) is 3.31. The molecule has 1 unspecified atom stereocenters. The molecule has 1 spiro atoms. The molecule has 0 radical (unpaired) electrons. The third-order valence-corrected chi connectivity index (χ3v) is 6.65. The van der Waals surface area contributed by atoms with Crippen LogP contribution in [0.1, 0.15) is 38.2 Å². The molecular formula is C22H30N4O3. The number of piperidine rings is 1. The van der Waals surface area contributed by atoms with Crippen LogP contribution in [0.2, 0.25) is 0 Å². The van der Waals surface area contributed by atoms with E-state index >= 15 is 0 Å². The summed E-state index contributed by atoms with van der Waals surface area (Å²) in [5.74, 6) is -0.0120. The van der Waals surface area contributed by atoms with E-state index in [1.165, 1.54) is 10.5 Å². The van der Waals surface area contributed by atoms with Gasteiger partial charge >= 0.3 is 6.03 Å². The van der Waals surface area contributed by atoms with Crippen molar-refractivity contribution in [3.63, 3.8) is 0 Å². The Morgan fingerprint density at radius 1 is 1.14 bits per heavy atom. The van der Waals surface area contributed by atoms with Crippen LogP contribution in [0, 0.1) is 0 Å². The van der Waals surface area contributed by atoms with Gasteiger partial charge in [-0.15, -0.1) is 0 Å². The highest BCUT2D eigenvalue weighted by molar-refractivity contribution is 6.07. The maximum absolute atomic E-state index is 13.2. The molecule has 7 heteroatoms. The number of rotatable bonds is 5. The van der Waals surface area contributed by atoms with Crippen LogP contribution in [0.4, 0.5) is 4.79 Å². The number of carbonyl (C=O) groups excluding carboxylic acids is 3. The summed E-state index contributed by atoms with van der Waals surface area (Å²) >= 11 is 0. The fourth-order valence-corrected chi connectivity index (χ4v) is 4.80. The topological polar surface area (TPSA) is 73.0 Å². The third kappa shape index (κ3) is 3.88. The maximum atomic E-state index is 13.2. The van der Waals surface area contributed by atoms with Crippen LogP contribution in [0.25, 0.3) is 0 Å². The van der Waals surface area contributed by atoms with Crippen molar-refractivity contribution in [2.24, 2.45) is 0 Å². The highest BCUT2D eigenvalue weighted by Crippen LogP contribution is 2.32. The first-order valence-corrected chi connectivity index (χ1v) is 10.7. The van der Waals surface area contributed by atoms with E-state index in [0.29, 0.717) is 38.8 Å². The predicted molar refractivity (Wildman–Crippen MR) is 109 cm³/mol. The molecule has 1 N–H and O–H groups in total. The molecule has 7 nitrogen and oxygen atoms in total. The van der Waals surface area contributed by atoms with E-state index in [1.54, 1.807) is 4.90 Å². The molecule has 3 aliphatic heterocycles. The highest BCUT2D eigenvalue weighted by atomic mass is 16.2. The second-order valence-corrected chi connectivity index (χ2v) is 8.40. The normalized spacial score (nSPS) is 24.4. The van der Waals surface area contributed by atoms with Gasteiger partial charge in [0.25, 0.3) is 5.91 Å². The van der Waals surface area contributed by atoms with Crippen molar-refractivity contribution in [2.45, 2.75) is 50.6 Å². The quantitative estimate of drug-likeness (QED) is 0.765. The number of benzene rings is 1. The molecule has 3 heterocycles. The van der Waals surface area contributed by atoms with Crippen molar-refractivity contribution in [3.05, 3.63) is 35.9 Å². The SMILES string of the molecule is CCC(=O)N1CCC(N2C(=O)NC3(CCN(CCc4ccccc4)CC3)C2=O)C1. The molecule has 0 aliphatic carbocycles. The summed E-state index contributed by atoms with van der Waals surface area (Å²) in [5, 5.41) is 3.01. The van der Waals surface area contributed by atoms with E-state index in [9.17, 15) is 14.4 Å².